The van der Waals surface area contributed by atoms with Crippen molar-refractivity contribution in [3.8, 4) is 0 Å². The van der Waals surface area contributed by atoms with Crippen molar-refractivity contribution in [1.29, 1.82) is 0 Å². The van der Waals surface area contributed by atoms with Crippen LogP contribution < -0.4 is 0 Å². The molecular weight excluding hydrogens is 504 g/mol. The second-order valence-corrected chi connectivity index (χ2v) is 10.0. The maximum Gasteiger partial charge on any atom is 0.195 e. The van der Waals surface area contributed by atoms with Gasteiger partial charge in [0.15, 0.2) is 12.1 Å². The Morgan fingerprint density at radius 1 is 0.500 bits per heavy atom. The molecule has 0 amide bonds. The van der Waals surface area contributed by atoms with Gasteiger partial charge in [0.1, 0.15) is 30.5 Å². The van der Waals surface area contributed by atoms with Crippen molar-refractivity contribution in [2.24, 2.45) is 0 Å². The van der Waals surface area contributed by atoms with E-state index in [9.17, 15) is 4.79 Å². The summed E-state index contributed by atoms with van der Waals surface area (Å²) in [5.74, 6) is -0.201. The van der Waals surface area contributed by atoms with E-state index in [0.717, 1.165) is 22.3 Å². The monoisotopic (exact) mass is 536 g/mol. The molecule has 0 aromatic heterocycles. The molecule has 0 N–H and O–H groups in total. The fourth-order valence-electron chi connectivity index (χ4n) is 5.23. The number of hydrogen-bond acceptors (Lipinski definition) is 6. The first kappa shape index (κ1) is 26.6. The zero-order valence-corrected chi connectivity index (χ0v) is 22.1. The highest BCUT2D eigenvalue weighted by atomic mass is 16.7. The number of rotatable bonds is 10. The van der Waals surface area contributed by atoms with Crippen molar-refractivity contribution in [2.45, 2.75) is 56.6 Å². The number of benzene rings is 4. The zero-order valence-electron chi connectivity index (χ0n) is 22.1. The summed E-state index contributed by atoms with van der Waals surface area (Å²) in [6.45, 7) is 0.858. The Kier molecular flexibility index (Phi) is 8.42. The predicted octanol–water partition coefficient (Wildman–Crippen LogP) is 5.81. The lowest BCUT2D eigenvalue weighted by molar-refractivity contribution is -0.341. The van der Waals surface area contributed by atoms with Gasteiger partial charge in [0.05, 0.1) is 19.8 Å². The number of carbonyl (C=O) groups excluding carboxylic acids is 1. The van der Waals surface area contributed by atoms with E-state index in [1.165, 1.54) is 0 Å². The van der Waals surface area contributed by atoms with E-state index >= 15 is 0 Å². The summed E-state index contributed by atoms with van der Waals surface area (Å²) in [6.07, 6.45) is -4.42. The van der Waals surface area contributed by atoms with Crippen LogP contribution >= 0.6 is 0 Å². The van der Waals surface area contributed by atoms with Gasteiger partial charge in [0.2, 0.25) is 0 Å². The standard InChI is InChI=1S/C34H32O6/c35-28-29(36-21-24-13-5-1-6-14-24)32-31(38-23-26-17-9-3-10-18-26)33(30(28)37-22-25-15-7-2-8-16-25)40-34(39-32)27-19-11-4-12-20-27/h1-20,29-34H,21-23H2/t29-,30+,31?,32+,33-,34?. The van der Waals surface area contributed by atoms with Crippen molar-refractivity contribution in [3.05, 3.63) is 144 Å². The van der Waals surface area contributed by atoms with Gasteiger partial charge in [-0.3, -0.25) is 4.79 Å². The summed E-state index contributed by atoms with van der Waals surface area (Å²) in [5.41, 5.74) is 3.80. The number of hydrogen-bond donors (Lipinski definition) is 0. The van der Waals surface area contributed by atoms with E-state index in [4.69, 9.17) is 23.7 Å². The average Bonchev–Trinajstić information content (AvgIpc) is 3.02. The first-order valence-electron chi connectivity index (χ1n) is 13.6. The fourth-order valence-corrected chi connectivity index (χ4v) is 5.23. The normalized spacial score (nSPS) is 25.9. The van der Waals surface area contributed by atoms with Gasteiger partial charge in [0, 0.05) is 5.56 Å². The molecule has 1 saturated heterocycles. The summed E-state index contributed by atoms with van der Waals surface area (Å²) in [5, 5.41) is 0. The van der Waals surface area contributed by atoms with Gasteiger partial charge in [-0.2, -0.15) is 0 Å². The number of ether oxygens (including phenoxy) is 5. The number of ketones is 1. The van der Waals surface area contributed by atoms with E-state index in [1.54, 1.807) is 0 Å². The van der Waals surface area contributed by atoms with Crippen molar-refractivity contribution < 1.29 is 28.5 Å². The molecule has 2 fully saturated rings. The Bertz CT molecular complexity index is 1290. The third-order valence-corrected chi connectivity index (χ3v) is 7.27. The number of Topliss-reactive ketones (excluding diaryl/α,β-unsaturated/α-hetero) is 1. The molecular formula is C34H32O6. The molecule has 6 atom stereocenters. The van der Waals surface area contributed by atoms with Crippen molar-refractivity contribution in [3.63, 3.8) is 0 Å². The van der Waals surface area contributed by atoms with Crippen molar-refractivity contribution in [1.82, 2.24) is 0 Å². The van der Waals surface area contributed by atoms with E-state index in [1.807, 2.05) is 121 Å². The van der Waals surface area contributed by atoms with E-state index in [0.29, 0.717) is 6.61 Å². The lowest BCUT2D eigenvalue weighted by atomic mass is 9.84. The minimum absolute atomic E-state index is 0.201. The molecule has 204 valence electrons. The summed E-state index contributed by atoms with van der Waals surface area (Å²) in [4.78, 5) is 14.0. The van der Waals surface area contributed by atoms with Gasteiger partial charge in [-0.1, -0.05) is 121 Å². The highest BCUT2D eigenvalue weighted by Gasteiger charge is 2.58. The first-order valence-corrected chi connectivity index (χ1v) is 13.6. The Morgan fingerprint density at radius 3 is 1.30 bits per heavy atom. The van der Waals surface area contributed by atoms with Crippen LogP contribution in [-0.2, 0) is 48.3 Å². The Hall–Kier alpha value is -3.65. The zero-order chi connectivity index (χ0) is 27.1. The maximum absolute atomic E-state index is 14.0. The van der Waals surface area contributed by atoms with Gasteiger partial charge in [-0.15, -0.1) is 0 Å². The van der Waals surface area contributed by atoms with E-state index in [2.05, 4.69) is 0 Å². The van der Waals surface area contributed by atoms with Gasteiger partial charge in [-0.05, 0) is 16.7 Å². The molecule has 1 aliphatic carbocycles. The van der Waals surface area contributed by atoms with E-state index in [-0.39, 0.29) is 19.0 Å². The number of carbonyl (C=O) groups is 1. The van der Waals surface area contributed by atoms with Crippen LogP contribution in [0.2, 0.25) is 0 Å². The molecule has 0 radical (unpaired) electrons. The van der Waals surface area contributed by atoms with Crippen LogP contribution in [0.1, 0.15) is 28.5 Å². The summed E-state index contributed by atoms with van der Waals surface area (Å²) < 4.78 is 32.1. The molecule has 40 heavy (non-hydrogen) atoms. The molecule has 2 unspecified atom stereocenters. The molecule has 4 aromatic carbocycles. The van der Waals surface area contributed by atoms with Crippen LogP contribution in [0, 0.1) is 0 Å². The average molecular weight is 537 g/mol. The van der Waals surface area contributed by atoms with E-state index < -0.39 is 36.8 Å². The molecule has 1 heterocycles. The van der Waals surface area contributed by atoms with Crippen LogP contribution in [0.4, 0.5) is 0 Å². The van der Waals surface area contributed by atoms with Crippen molar-refractivity contribution in [2.75, 3.05) is 0 Å². The topological polar surface area (TPSA) is 63.2 Å². The molecule has 2 aliphatic rings. The Morgan fingerprint density at radius 2 is 0.875 bits per heavy atom. The minimum atomic E-state index is -0.895. The van der Waals surface area contributed by atoms with Gasteiger partial charge in [-0.25, -0.2) is 0 Å². The SMILES string of the molecule is O=C1[C@@H](OCc2ccccc2)[C@@H]2OC(c3ccccc3)O[C@@H](C2OCc2ccccc2)[C@H]1OCc1ccccc1. The highest BCUT2D eigenvalue weighted by molar-refractivity contribution is 5.90. The molecule has 6 rings (SSSR count). The Balaban J connectivity index is 1.32. The summed E-state index contributed by atoms with van der Waals surface area (Å²) in [6, 6.07) is 39.2. The van der Waals surface area contributed by atoms with Gasteiger partial charge < -0.3 is 23.7 Å². The quantitative estimate of drug-likeness (QED) is 0.255. The smallest absolute Gasteiger partial charge is 0.195 e. The predicted molar refractivity (Wildman–Crippen MR) is 149 cm³/mol. The van der Waals surface area contributed by atoms with Crippen LogP contribution in [0.15, 0.2) is 121 Å². The molecule has 2 bridgehead atoms. The highest BCUT2D eigenvalue weighted by Crippen LogP contribution is 2.40. The van der Waals surface area contributed by atoms with Crippen molar-refractivity contribution >= 4 is 5.78 Å². The van der Waals surface area contributed by atoms with Crippen LogP contribution in [-0.4, -0.2) is 36.3 Å². The van der Waals surface area contributed by atoms with Crippen LogP contribution in [0.3, 0.4) is 0 Å². The van der Waals surface area contributed by atoms with Crippen LogP contribution in [0.5, 0.6) is 0 Å². The fraction of sp³-hybridized carbons (Fsp3) is 0.265. The molecule has 6 nitrogen and oxygen atoms in total. The molecule has 1 aliphatic heterocycles. The summed E-state index contributed by atoms with van der Waals surface area (Å²) in [7, 11) is 0. The third kappa shape index (κ3) is 6.07. The lowest BCUT2D eigenvalue weighted by Gasteiger charge is -2.50. The van der Waals surface area contributed by atoms with Gasteiger partial charge >= 0.3 is 0 Å². The molecule has 4 aromatic rings. The summed E-state index contributed by atoms with van der Waals surface area (Å²) >= 11 is 0. The molecule has 6 heteroatoms. The second-order valence-electron chi connectivity index (χ2n) is 10.0. The van der Waals surface area contributed by atoms with Crippen LogP contribution in [0.25, 0.3) is 0 Å². The largest absolute Gasteiger partial charge is 0.368 e. The van der Waals surface area contributed by atoms with Gasteiger partial charge in [0.25, 0.3) is 0 Å². The molecule has 0 spiro atoms. The maximum atomic E-state index is 14.0. The minimum Gasteiger partial charge on any atom is -0.368 e. The first-order chi connectivity index (χ1) is 19.8. The molecule has 1 saturated carbocycles. The lowest BCUT2D eigenvalue weighted by Crippen LogP contribution is -2.68. The second kappa shape index (κ2) is 12.7. The number of fused-ring (bicyclic) bond motifs is 2. The Labute approximate surface area is 234 Å². The third-order valence-electron chi connectivity index (χ3n) is 7.27.